The van der Waals surface area contributed by atoms with Crippen molar-refractivity contribution < 1.29 is 19.1 Å². The fraction of sp³-hybridized carbons (Fsp3) is 0.143. The summed E-state index contributed by atoms with van der Waals surface area (Å²) in [4.78, 5) is 40.5. The van der Waals surface area contributed by atoms with Crippen molar-refractivity contribution in [1.29, 1.82) is 0 Å². The highest BCUT2D eigenvalue weighted by Gasteiger charge is 2.20. The second-order valence-corrected chi connectivity index (χ2v) is 6.86. The zero-order chi connectivity index (χ0) is 21.5. The van der Waals surface area contributed by atoms with Crippen LogP contribution in [0.25, 0.3) is 5.69 Å². The lowest BCUT2D eigenvalue weighted by Gasteiger charge is -2.11. The quantitative estimate of drug-likeness (QED) is 0.447. The molecule has 1 aromatic heterocycles. The van der Waals surface area contributed by atoms with Gasteiger partial charge in [-0.05, 0) is 42.7 Å². The fourth-order valence-corrected chi connectivity index (χ4v) is 3.25. The molecule has 0 aliphatic rings. The summed E-state index contributed by atoms with van der Waals surface area (Å²) in [7, 11) is 1.54. The van der Waals surface area contributed by atoms with Gasteiger partial charge in [-0.1, -0.05) is 30.0 Å². The molecule has 0 spiro atoms. The van der Waals surface area contributed by atoms with E-state index < -0.39 is 18.5 Å². The predicted octanol–water partition coefficient (Wildman–Crippen LogP) is 2.75. The van der Waals surface area contributed by atoms with Gasteiger partial charge in [-0.15, -0.1) is 0 Å². The van der Waals surface area contributed by atoms with Crippen LogP contribution >= 0.6 is 11.8 Å². The Balaban J connectivity index is 1.64. The van der Waals surface area contributed by atoms with Crippen molar-refractivity contribution in [2.45, 2.75) is 5.16 Å². The Morgan fingerprint density at radius 1 is 1.07 bits per heavy atom. The van der Waals surface area contributed by atoms with Crippen LogP contribution in [0.5, 0.6) is 0 Å². The minimum atomic E-state index is -0.656. The van der Waals surface area contributed by atoms with Gasteiger partial charge in [0.25, 0.3) is 11.8 Å². The zero-order valence-electron chi connectivity index (χ0n) is 16.4. The maximum atomic E-state index is 12.6. The smallest absolute Gasteiger partial charge is 0.357 e. The number of hydrogen-bond acceptors (Lipinski definition) is 6. The van der Waals surface area contributed by atoms with Crippen molar-refractivity contribution in [3.63, 3.8) is 0 Å². The Morgan fingerprint density at radius 2 is 1.77 bits per heavy atom. The lowest BCUT2D eigenvalue weighted by molar-refractivity contribution is -0.119. The first-order valence-corrected chi connectivity index (χ1v) is 10.2. The lowest BCUT2D eigenvalue weighted by atomic mass is 10.2. The van der Waals surface area contributed by atoms with E-state index in [1.165, 1.54) is 25.0 Å². The van der Waals surface area contributed by atoms with E-state index in [2.05, 4.69) is 15.6 Å². The molecule has 154 valence electrons. The van der Waals surface area contributed by atoms with Gasteiger partial charge in [0.15, 0.2) is 17.5 Å². The van der Waals surface area contributed by atoms with Crippen LogP contribution in [-0.2, 0) is 9.53 Å². The van der Waals surface area contributed by atoms with Gasteiger partial charge < -0.3 is 15.4 Å². The Labute approximate surface area is 177 Å². The molecule has 8 nitrogen and oxygen atoms in total. The number of carbonyl (C=O) groups is 3. The Morgan fingerprint density at radius 3 is 2.40 bits per heavy atom. The maximum Gasteiger partial charge on any atom is 0.357 e. The van der Waals surface area contributed by atoms with Crippen molar-refractivity contribution in [3.05, 3.63) is 72.1 Å². The highest BCUT2D eigenvalue weighted by molar-refractivity contribution is 7.98. The van der Waals surface area contributed by atoms with Crippen molar-refractivity contribution in [2.75, 3.05) is 25.2 Å². The second kappa shape index (κ2) is 9.75. The number of nitrogens with zero attached hydrogens (tertiary/aromatic N) is 2. The van der Waals surface area contributed by atoms with Crippen LogP contribution in [0.2, 0.25) is 0 Å². The first-order valence-electron chi connectivity index (χ1n) is 8.99. The first-order chi connectivity index (χ1) is 14.5. The summed E-state index contributed by atoms with van der Waals surface area (Å²) >= 11 is 1.40. The van der Waals surface area contributed by atoms with Gasteiger partial charge in [0.05, 0.1) is 6.20 Å². The van der Waals surface area contributed by atoms with Gasteiger partial charge in [0.1, 0.15) is 0 Å². The number of esters is 1. The number of imidazole rings is 1. The van der Waals surface area contributed by atoms with E-state index in [0.717, 1.165) is 5.69 Å². The molecule has 0 fully saturated rings. The van der Waals surface area contributed by atoms with Crippen LogP contribution in [0.4, 0.5) is 5.69 Å². The van der Waals surface area contributed by atoms with Crippen molar-refractivity contribution in [2.24, 2.45) is 0 Å². The van der Waals surface area contributed by atoms with Crippen LogP contribution in [0.15, 0.2) is 66.0 Å². The summed E-state index contributed by atoms with van der Waals surface area (Å²) < 4.78 is 6.86. The maximum absolute atomic E-state index is 12.6. The second-order valence-electron chi connectivity index (χ2n) is 6.08. The molecule has 0 saturated carbocycles. The van der Waals surface area contributed by atoms with Gasteiger partial charge in [0, 0.05) is 24.0 Å². The number of para-hydroxylation sites is 1. The Bertz CT molecular complexity index is 1050. The van der Waals surface area contributed by atoms with E-state index in [0.29, 0.717) is 16.4 Å². The van der Waals surface area contributed by atoms with Crippen LogP contribution in [0.3, 0.4) is 0 Å². The normalized spacial score (nSPS) is 10.3. The van der Waals surface area contributed by atoms with Gasteiger partial charge in [-0.25, -0.2) is 9.78 Å². The summed E-state index contributed by atoms with van der Waals surface area (Å²) in [5.74, 6) is -1.37. The molecule has 0 aliphatic carbocycles. The van der Waals surface area contributed by atoms with E-state index in [-0.39, 0.29) is 11.6 Å². The van der Waals surface area contributed by atoms with Gasteiger partial charge >= 0.3 is 5.97 Å². The average Bonchev–Trinajstić information content (AvgIpc) is 3.22. The Hall–Kier alpha value is -3.59. The number of nitrogens with one attached hydrogen (secondary N) is 2. The van der Waals surface area contributed by atoms with E-state index in [1.54, 1.807) is 28.8 Å². The molecule has 30 heavy (non-hydrogen) atoms. The molecule has 3 aromatic rings. The highest BCUT2D eigenvalue weighted by atomic mass is 32.2. The number of thioether (sulfide) groups is 1. The number of amides is 2. The summed E-state index contributed by atoms with van der Waals surface area (Å²) in [5, 5.41) is 5.77. The standard InChI is InChI=1S/C21H20N4O4S/c1-22-19(27)14-8-10-15(11-9-14)24-18(26)13-29-20(28)17-12-23-21(30-2)25(17)16-6-4-3-5-7-16/h3-12H,13H2,1-2H3,(H,22,27)(H,24,26). The van der Waals surface area contributed by atoms with E-state index in [1.807, 2.05) is 36.6 Å². The molecule has 0 saturated heterocycles. The van der Waals surface area contributed by atoms with Crippen molar-refractivity contribution in [3.8, 4) is 5.69 Å². The third-order valence-corrected chi connectivity index (χ3v) is 4.78. The van der Waals surface area contributed by atoms with Crippen LogP contribution in [0.1, 0.15) is 20.8 Å². The minimum absolute atomic E-state index is 0.221. The topological polar surface area (TPSA) is 102 Å². The molecular formula is C21H20N4O4S. The number of carbonyl (C=O) groups excluding carboxylic acids is 3. The molecule has 9 heteroatoms. The average molecular weight is 424 g/mol. The van der Waals surface area contributed by atoms with E-state index in [9.17, 15) is 14.4 Å². The van der Waals surface area contributed by atoms with Gasteiger partial charge in [-0.2, -0.15) is 0 Å². The molecule has 0 radical (unpaired) electrons. The predicted molar refractivity (Wildman–Crippen MR) is 114 cm³/mol. The van der Waals surface area contributed by atoms with Crippen molar-refractivity contribution in [1.82, 2.24) is 14.9 Å². The molecule has 2 N–H and O–H groups in total. The number of hydrogen-bond donors (Lipinski definition) is 2. The lowest BCUT2D eigenvalue weighted by Crippen LogP contribution is -2.22. The van der Waals surface area contributed by atoms with Crippen LogP contribution in [0, 0.1) is 0 Å². The molecule has 0 unspecified atom stereocenters. The van der Waals surface area contributed by atoms with E-state index in [4.69, 9.17) is 4.74 Å². The number of anilines is 1. The monoisotopic (exact) mass is 424 g/mol. The third-order valence-electron chi connectivity index (χ3n) is 4.13. The number of ether oxygens (including phenoxy) is 1. The molecule has 3 rings (SSSR count). The van der Waals surface area contributed by atoms with Crippen LogP contribution < -0.4 is 10.6 Å². The van der Waals surface area contributed by atoms with Gasteiger partial charge in [0.2, 0.25) is 0 Å². The summed E-state index contributed by atoms with van der Waals surface area (Å²) in [6.07, 6.45) is 3.29. The third kappa shape index (κ3) is 4.87. The molecule has 0 aliphatic heterocycles. The SMILES string of the molecule is CNC(=O)c1ccc(NC(=O)COC(=O)c2cnc(SC)n2-c2ccccc2)cc1. The van der Waals surface area contributed by atoms with E-state index >= 15 is 0 Å². The largest absolute Gasteiger partial charge is 0.451 e. The molecular weight excluding hydrogens is 404 g/mol. The number of rotatable bonds is 7. The van der Waals surface area contributed by atoms with Crippen LogP contribution in [-0.4, -0.2) is 47.2 Å². The highest BCUT2D eigenvalue weighted by Crippen LogP contribution is 2.22. The summed E-state index contributed by atoms with van der Waals surface area (Å²) in [5.41, 5.74) is 1.96. The first kappa shape index (κ1) is 21.1. The fourth-order valence-electron chi connectivity index (χ4n) is 2.70. The Kier molecular flexibility index (Phi) is 6.87. The summed E-state index contributed by atoms with van der Waals surface area (Å²) in [6, 6.07) is 15.7. The molecule has 0 bridgehead atoms. The van der Waals surface area contributed by atoms with Crippen molar-refractivity contribution >= 4 is 35.2 Å². The zero-order valence-corrected chi connectivity index (χ0v) is 17.2. The molecule has 0 atom stereocenters. The molecule has 1 heterocycles. The minimum Gasteiger partial charge on any atom is -0.451 e. The van der Waals surface area contributed by atoms with Gasteiger partial charge in [-0.3, -0.25) is 14.2 Å². The molecule has 2 amide bonds. The summed E-state index contributed by atoms with van der Waals surface area (Å²) in [6.45, 7) is -0.454. The number of aromatic nitrogens is 2. The number of benzene rings is 2. The molecule has 2 aromatic carbocycles.